The largest absolute Gasteiger partial charge is 0.316 e. The summed E-state index contributed by atoms with van der Waals surface area (Å²) in [4.78, 5) is 0. The summed E-state index contributed by atoms with van der Waals surface area (Å²) in [5, 5.41) is 12.1. The molecule has 136 valence electrons. The molecule has 0 amide bonds. The van der Waals surface area contributed by atoms with Crippen molar-refractivity contribution in [1.82, 2.24) is 5.48 Å². The second kappa shape index (κ2) is 8.98. The van der Waals surface area contributed by atoms with Crippen molar-refractivity contribution >= 4 is 10.8 Å². The molecule has 26 heavy (non-hydrogen) atoms. The molecule has 2 N–H and O–H groups in total. The lowest BCUT2D eigenvalue weighted by atomic mass is 9.84. The zero-order chi connectivity index (χ0) is 18.4. The Kier molecular flexibility index (Phi) is 6.43. The molecule has 0 spiro atoms. The summed E-state index contributed by atoms with van der Waals surface area (Å²) < 4.78 is 0. The summed E-state index contributed by atoms with van der Waals surface area (Å²) in [5.41, 5.74) is 7.93. The molecule has 0 aromatic heterocycles. The third kappa shape index (κ3) is 3.98. The molecule has 4 rings (SSSR count). The third-order valence-electron chi connectivity index (χ3n) is 5.20. The van der Waals surface area contributed by atoms with E-state index in [9.17, 15) is 5.21 Å². The Labute approximate surface area is 156 Å². The van der Waals surface area contributed by atoms with Gasteiger partial charge in [0.05, 0.1) is 6.04 Å². The second-order valence-electron chi connectivity index (χ2n) is 6.75. The highest BCUT2D eigenvalue weighted by Crippen LogP contribution is 2.35. The average Bonchev–Trinajstić information content (AvgIpc) is 2.73. The molecule has 2 heteroatoms. The van der Waals surface area contributed by atoms with Gasteiger partial charge in [0.1, 0.15) is 0 Å². The number of fused-ring (bicyclic) bond motifs is 3. The van der Waals surface area contributed by atoms with Crippen LogP contribution in [0, 0.1) is 0 Å². The summed E-state index contributed by atoms with van der Waals surface area (Å²) in [6.07, 6.45) is 5.36. The van der Waals surface area contributed by atoms with Crippen molar-refractivity contribution in [2.45, 2.75) is 52.0 Å². The van der Waals surface area contributed by atoms with E-state index in [0.29, 0.717) is 0 Å². The zero-order valence-electron chi connectivity index (χ0n) is 15.8. The van der Waals surface area contributed by atoms with Gasteiger partial charge in [-0.2, -0.15) is 5.48 Å². The SMILES string of the molecule is CC.ONC1CCCc2ccc3cc(CCc4ccccc4)ccc3c21. The van der Waals surface area contributed by atoms with E-state index in [2.05, 4.69) is 66.1 Å². The number of hydrogen-bond donors (Lipinski definition) is 2. The van der Waals surface area contributed by atoms with E-state index >= 15 is 0 Å². The van der Waals surface area contributed by atoms with Crippen LogP contribution in [0.25, 0.3) is 10.8 Å². The van der Waals surface area contributed by atoms with E-state index in [4.69, 9.17) is 0 Å². The minimum atomic E-state index is 0.0626. The topological polar surface area (TPSA) is 32.3 Å². The van der Waals surface area contributed by atoms with Crippen molar-refractivity contribution in [2.75, 3.05) is 0 Å². The van der Waals surface area contributed by atoms with Crippen molar-refractivity contribution in [3.63, 3.8) is 0 Å². The first-order valence-corrected chi connectivity index (χ1v) is 9.83. The maximum Gasteiger partial charge on any atom is 0.0577 e. The second-order valence-corrected chi connectivity index (χ2v) is 6.75. The molecule has 0 radical (unpaired) electrons. The number of hydrogen-bond acceptors (Lipinski definition) is 2. The van der Waals surface area contributed by atoms with E-state index < -0.39 is 0 Å². The van der Waals surface area contributed by atoms with Crippen LogP contribution in [-0.2, 0) is 19.3 Å². The lowest BCUT2D eigenvalue weighted by Crippen LogP contribution is -2.22. The minimum absolute atomic E-state index is 0.0626. The summed E-state index contributed by atoms with van der Waals surface area (Å²) in [5.74, 6) is 0. The number of nitrogens with one attached hydrogen (secondary N) is 1. The monoisotopic (exact) mass is 347 g/mol. The van der Waals surface area contributed by atoms with Gasteiger partial charge in [-0.1, -0.05) is 74.5 Å². The Balaban J connectivity index is 0.000000948. The van der Waals surface area contributed by atoms with Crippen molar-refractivity contribution in [3.8, 4) is 0 Å². The number of hydroxylamine groups is 1. The molecule has 1 aliphatic rings. The van der Waals surface area contributed by atoms with Crippen LogP contribution in [0.1, 0.15) is 55.0 Å². The minimum Gasteiger partial charge on any atom is -0.316 e. The molecular weight excluding hydrogens is 318 g/mol. The van der Waals surface area contributed by atoms with Gasteiger partial charge in [0.2, 0.25) is 0 Å². The van der Waals surface area contributed by atoms with Gasteiger partial charge in [-0.3, -0.25) is 0 Å². The van der Waals surface area contributed by atoms with Crippen LogP contribution in [0.2, 0.25) is 0 Å². The zero-order valence-corrected chi connectivity index (χ0v) is 15.8. The first-order valence-electron chi connectivity index (χ1n) is 9.83. The molecule has 0 saturated carbocycles. The highest BCUT2D eigenvalue weighted by molar-refractivity contribution is 5.88. The summed E-state index contributed by atoms with van der Waals surface area (Å²) in [7, 11) is 0. The number of rotatable bonds is 4. The Morgan fingerprint density at radius 1 is 0.923 bits per heavy atom. The van der Waals surface area contributed by atoms with Gasteiger partial charge in [-0.25, -0.2) is 0 Å². The molecule has 1 unspecified atom stereocenters. The number of benzene rings is 3. The van der Waals surface area contributed by atoms with Crippen molar-refractivity contribution in [2.24, 2.45) is 0 Å². The number of aryl methyl sites for hydroxylation is 3. The van der Waals surface area contributed by atoms with Crippen LogP contribution in [0.4, 0.5) is 0 Å². The van der Waals surface area contributed by atoms with Gasteiger partial charge in [0, 0.05) is 0 Å². The van der Waals surface area contributed by atoms with E-state index in [-0.39, 0.29) is 6.04 Å². The molecule has 0 heterocycles. The van der Waals surface area contributed by atoms with Gasteiger partial charge in [0.15, 0.2) is 0 Å². The van der Waals surface area contributed by atoms with Crippen LogP contribution in [0.15, 0.2) is 60.7 Å². The highest BCUT2D eigenvalue weighted by atomic mass is 16.5. The Morgan fingerprint density at radius 2 is 1.69 bits per heavy atom. The molecule has 0 bridgehead atoms. The van der Waals surface area contributed by atoms with E-state index in [1.807, 2.05) is 13.8 Å². The van der Waals surface area contributed by atoms with Gasteiger partial charge in [-0.05, 0) is 65.1 Å². The van der Waals surface area contributed by atoms with Crippen LogP contribution in [0.3, 0.4) is 0 Å². The van der Waals surface area contributed by atoms with Crippen LogP contribution < -0.4 is 5.48 Å². The fourth-order valence-electron chi connectivity index (χ4n) is 3.94. The Bertz CT molecular complexity index is 841. The molecule has 0 saturated heterocycles. The summed E-state index contributed by atoms with van der Waals surface area (Å²) in [6, 6.07) is 22.0. The molecule has 3 aromatic carbocycles. The van der Waals surface area contributed by atoms with Crippen molar-refractivity contribution < 1.29 is 5.21 Å². The van der Waals surface area contributed by atoms with Crippen LogP contribution >= 0.6 is 0 Å². The molecule has 0 aliphatic heterocycles. The maximum atomic E-state index is 9.51. The van der Waals surface area contributed by atoms with Gasteiger partial charge < -0.3 is 5.21 Å². The predicted octanol–water partition coefficient (Wildman–Crippen LogP) is 6.01. The van der Waals surface area contributed by atoms with Crippen LogP contribution in [-0.4, -0.2) is 5.21 Å². The van der Waals surface area contributed by atoms with Gasteiger partial charge in [-0.15, -0.1) is 0 Å². The molecule has 2 nitrogen and oxygen atoms in total. The lowest BCUT2D eigenvalue weighted by Gasteiger charge is -2.26. The maximum absolute atomic E-state index is 9.51. The first-order chi connectivity index (χ1) is 12.8. The first kappa shape index (κ1) is 18.6. The van der Waals surface area contributed by atoms with Gasteiger partial charge in [0.25, 0.3) is 0 Å². The molecular formula is C24H29NO. The summed E-state index contributed by atoms with van der Waals surface area (Å²) >= 11 is 0. The molecule has 1 atom stereocenters. The third-order valence-corrected chi connectivity index (χ3v) is 5.20. The fourth-order valence-corrected chi connectivity index (χ4v) is 3.94. The normalized spacial score (nSPS) is 15.9. The summed E-state index contributed by atoms with van der Waals surface area (Å²) in [6.45, 7) is 4.00. The van der Waals surface area contributed by atoms with Crippen LogP contribution in [0.5, 0.6) is 0 Å². The Hall–Kier alpha value is -2.16. The molecule has 0 fully saturated rings. The van der Waals surface area contributed by atoms with Gasteiger partial charge >= 0.3 is 0 Å². The standard InChI is InChI=1S/C22H23NO.C2H6/c24-23-21-8-4-7-18-12-13-19-15-17(11-14-20(19)22(18)21)10-9-16-5-2-1-3-6-16;1-2/h1-3,5-6,11-15,21,23-24H,4,7-10H2;1-2H3. The van der Waals surface area contributed by atoms with E-state index in [0.717, 1.165) is 32.1 Å². The molecule has 1 aliphatic carbocycles. The highest BCUT2D eigenvalue weighted by Gasteiger charge is 2.21. The predicted molar refractivity (Wildman–Crippen MR) is 110 cm³/mol. The molecule has 3 aromatic rings. The van der Waals surface area contributed by atoms with E-state index in [1.54, 1.807) is 0 Å². The smallest absolute Gasteiger partial charge is 0.0577 e. The Morgan fingerprint density at radius 3 is 2.46 bits per heavy atom. The van der Waals surface area contributed by atoms with E-state index in [1.165, 1.54) is 33.0 Å². The average molecular weight is 348 g/mol. The van der Waals surface area contributed by atoms with Crippen molar-refractivity contribution in [1.29, 1.82) is 0 Å². The lowest BCUT2D eigenvalue weighted by molar-refractivity contribution is 0.118. The fraction of sp³-hybridized carbons (Fsp3) is 0.333. The van der Waals surface area contributed by atoms with Crippen molar-refractivity contribution in [3.05, 3.63) is 82.9 Å². The quantitative estimate of drug-likeness (QED) is 0.567.